The molecule has 4 rings (SSSR count). The van der Waals surface area contributed by atoms with E-state index in [9.17, 15) is 4.79 Å². The Hall–Kier alpha value is -3.14. The van der Waals surface area contributed by atoms with Crippen LogP contribution in [-0.2, 0) is 5.54 Å². The van der Waals surface area contributed by atoms with Crippen molar-refractivity contribution < 1.29 is 9.53 Å². The van der Waals surface area contributed by atoms with Crippen LogP contribution in [0.4, 0.5) is 0 Å². The summed E-state index contributed by atoms with van der Waals surface area (Å²) in [6.07, 6.45) is 2.36. The molecule has 1 aliphatic rings. The summed E-state index contributed by atoms with van der Waals surface area (Å²) in [6.45, 7) is 2.57. The van der Waals surface area contributed by atoms with E-state index in [1.165, 1.54) is 5.56 Å². The molecule has 0 unspecified atom stereocenters. The van der Waals surface area contributed by atoms with Gasteiger partial charge in [0, 0.05) is 18.2 Å². The molecule has 1 N–H and O–H groups in total. The second-order valence-corrected chi connectivity index (χ2v) is 6.54. The number of pyridine rings is 1. The highest BCUT2D eigenvalue weighted by Crippen LogP contribution is 2.40. The van der Waals surface area contributed by atoms with Gasteiger partial charge in [0.2, 0.25) is 0 Å². The predicted molar refractivity (Wildman–Crippen MR) is 100 cm³/mol. The third kappa shape index (κ3) is 2.84. The number of hydrogen-bond donors (Lipinski definition) is 1. The average Bonchev–Trinajstić information content (AvgIpc) is 2.69. The minimum Gasteiger partial charge on any atom is -0.491 e. The molecule has 3 aromatic rings. The largest absolute Gasteiger partial charge is 0.491 e. The first-order valence-electron chi connectivity index (χ1n) is 8.72. The Morgan fingerprint density at radius 2 is 1.81 bits per heavy atom. The second-order valence-electron chi connectivity index (χ2n) is 6.54. The summed E-state index contributed by atoms with van der Waals surface area (Å²) in [5, 5.41) is 3.26. The van der Waals surface area contributed by atoms with Gasteiger partial charge in [-0.25, -0.2) is 0 Å². The van der Waals surface area contributed by atoms with Crippen LogP contribution in [0.3, 0.4) is 0 Å². The van der Waals surface area contributed by atoms with Gasteiger partial charge in [0.1, 0.15) is 17.0 Å². The summed E-state index contributed by atoms with van der Waals surface area (Å²) in [6, 6.07) is 21.3. The molecule has 2 heterocycles. The highest BCUT2D eigenvalue weighted by atomic mass is 16.5. The highest BCUT2D eigenvalue weighted by Gasteiger charge is 2.42. The number of carbonyl (C=O) groups excluding carboxylic acids is 1. The maximum Gasteiger partial charge on any atom is 0.252 e. The van der Waals surface area contributed by atoms with E-state index in [0.29, 0.717) is 24.3 Å². The number of nitrogens with zero attached hydrogens (tertiary/aromatic N) is 1. The number of aryl methyl sites for hydroxylation is 1. The third-order valence-corrected chi connectivity index (χ3v) is 4.82. The van der Waals surface area contributed by atoms with Crippen LogP contribution >= 0.6 is 0 Å². The van der Waals surface area contributed by atoms with Crippen molar-refractivity contribution in [3.8, 4) is 5.75 Å². The van der Waals surface area contributed by atoms with Gasteiger partial charge in [-0.2, -0.15) is 0 Å². The summed E-state index contributed by atoms with van der Waals surface area (Å²) in [5.41, 5.74) is 2.85. The van der Waals surface area contributed by atoms with E-state index in [0.717, 1.165) is 11.3 Å². The number of nitrogens with one attached hydrogen (secondary N) is 1. The van der Waals surface area contributed by atoms with Gasteiger partial charge in [-0.15, -0.1) is 0 Å². The number of aromatic nitrogens is 1. The fourth-order valence-corrected chi connectivity index (χ4v) is 3.43. The smallest absolute Gasteiger partial charge is 0.252 e. The molecule has 0 fully saturated rings. The van der Waals surface area contributed by atoms with Crippen LogP contribution in [-0.4, -0.2) is 17.5 Å². The minimum atomic E-state index is -0.713. The van der Waals surface area contributed by atoms with Gasteiger partial charge in [-0.05, 0) is 36.8 Å². The lowest BCUT2D eigenvalue weighted by atomic mass is 9.81. The number of ether oxygens (including phenoxy) is 1. The van der Waals surface area contributed by atoms with Crippen molar-refractivity contribution in [3.63, 3.8) is 0 Å². The second kappa shape index (κ2) is 6.64. The molecule has 1 atom stereocenters. The van der Waals surface area contributed by atoms with E-state index in [1.807, 2.05) is 42.5 Å². The summed E-state index contributed by atoms with van der Waals surface area (Å²) in [5.74, 6) is 0.595. The molecule has 4 heteroatoms. The van der Waals surface area contributed by atoms with Gasteiger partial charge < -0.3 is 10.1 Å². The van der Waals surface area contributed by atoms with E-state index in [1.54, 1.807) is 6.20 Å². The lowest BCUT2D eigenvalue weighted by molar-refractivity contribution is 0.0883. The molecule has 0 bridgehead atoms. The molecule has 0 saturated heterocycles. The van der Waals surface area contributed by atoms with Crippen LogP contribution in [0.15, 0.2) is 72.9 Å². The summed E-state index contributed by atoms with van der Waals surface area (Å²) < 4.78 is 5.80. The number of fused-ring (bicyclic) bond motifs is 1. The Labute approximate surface area is 152 Å². The maximum absolute atomic E-state index is 13.0. The molecule has 0 radical (unpaired) electrons. The zero-order valence-corrected chi connectivity index (χ0v) is 14.6. The molecule has 4 nitrogen and oxygen atoms in total. The third-order valence-electron chi connectivity index (χ3n) is 4.82. The normalized spacial score (nSPS) is 18.5. The van der Waals surface area contributed by atoms with E-state index in [2.05, 4.69) is 41.5 Å². The highest BCUT2D eigenvalue weighted by molar-refractivity contribution is 5.95. The quantitative estimate of drug-likeness (QED) is 0.785. The summed E-state index contributed by atoms with van der Waals surface area (Å²) in [4.78, 5) is 17.6. The van der Waals surface area contributed by atoms with Crippen LogP contribution in [0, 0.1) is 6.92 Å². The SMILES string of the molecule is Cc1ccc([C@@]2(NC(=O)c3ccccc3)CCOc3cccnc32)cc1. The Bertz CT molecular complexity index is 922. The van der Waals surface area contributed by atoms with Crippen molar-refractivity contribution in [2.24, 2.45) is 0 Å². The molecule has 130 valence electrons. The van der Waals surface area contributed by atoms with Crippen LogP contribution in [0.25, 0.3) is 0 Å². The zero-order chi connectivity index (χ0) is 18.0. The zero-order valence-electron chi connectivity index (χ0n) is 14.6. The molecule has 26 heavy (non-hydrogen) atoms. The lowest BCUT2D eigenvalue weighted by Gasteiger charge is -2.39. The maximum atomic E-state index is 13.0. The molecular formula is C22H20N2O2. The van der Waals surface area contributed by atoms with Crippen LogP contribution in [0.5, 0.6) is 5.75 Å². The monoisotopic (exact) mass is 344 g/mol. The van der Waals surface area contributed by atoms with Crippen molar-refractivity contribution >= 4 is 5.91 Å². The summed E-state index contributed by atoms with van der Waals surface area (Å²) in [7, 11) is 0. The molecule has 0 saturated carbocycles. The topological polar surface area (TPSA) is 51.2 Å². The van der Waals surface area contributed by atoms with Crippen LogP contribution in [0.1, 0.15) is 33.6 Å². The van der Waals surface area contributed by atoms with Gasteiger partial charge in [0.05, 0.1) is 6.61 Å². The van der Waals surface area contributed by atoms with Crippen LogP contribution in [0.2, 0.25) is 0 Å². The number of carbonyl (C=O) groups is 1. The molecule has 2 aromatic carbocycles. The number of hydrogen-bond acceptors (Lipinski definition) is 3. The standard InChI is InChI=1S/C22H20N2O2/c1-16-9-11-18(12-10-16)22(24-21(25)17-6-3-2-4-7-17)13-15-26-19-8-5-14-23-20(19)22/h2-12,14H,13,15H2,1H3,(H,24,25)/t22-/m0/s1. The van der Waals surface area contributed by atoms with Crippen LogP contribution < -0.4 is 10.1 Å². The van der Waals surface area contributed by atoms with E-state index >= 15 is 0 Å². The predicted octanol–water partition coefficient (Wildman–Crippen LogP) is 3.85. The first kappa shape index (κ1) is 16.3. The van der Waals surface area contributed by atoms with Gasteiger partial charge in [0.25, 0.3) is 5.91 Å². The Morgan fingerprint density at radius 3 is 2.58 bits per heavy atom. The number of amides is 1. The fourth-order valence-electron chi connectivity index (χ4n) is 3.43. The van der Waals surface area contributed by atoms with Gasteiger partial charge in [-0.1, -0.05) is 48.0 Å². The van der Waals surface area contributed by atoms with E-state index in [4.69, 9.17) is 4.74 Å². The Kier molecular flexibility index (Phi) is 4.17. The van der Waals surface area contributed by atoms with E-state index < -0.39 is 5.54 Å². The average molecular weight is 344 g/mol. The molecule has 1 aromatic heterocycles. The van der Waals surface area contributed by atoms with Gasteiger partial charge in [0.15, 0.2) is 0 Å². The van der Waals surface area contributed by atoms with Gasteiger partial charge in [-0.3, -0.25) is 9.78 Å². The van der Waals surface area contributed by atoms with E-state index in [-0.39, 0.29) is 5.91 Å². The lowest BCUT2D eigenvalue weighted by Crippen LogP contribution is -2.50. The van der Waals surface area contributed by atoms with Crippen molar-refractivity contribution in [3.05, 3.63) is 95.3 Å². The first-order chi connectivity index (χ1) is 12.7. The molecular weight excluding hydrogens is 324 g/mol. The fraction of sp³-hybridized carbons (Fsp3) is 0.182. The van der Waals surface area contributed by atoms with Crippen molar-refractivity contribution in [2.75, 3.05) is 6.61 Å². The molecule has 1 aliphatic heterocycles. The van der Waals surface area contributed by atoms with Crippen molar-refractivity contribution in [2.45, 2.75) is 18.9 Å². The van der Waals surface area contributed by atoms with Crippen molar-refractivity contribution in [1.29, 1.82) is 0 Å². The minimum absolute atomic E-state index is 0.121. The Morgan fingerprint density at radius 1 is 1.04 bits per heavy atom. The number of rotatable bonds is 3. The van der Waals surface area contributed by atoms with Crippen molar-refractivity contribution in [1.82, 2.24) is 10.3 Å². The first-order valence-corrected chi connectivity index (χ1v) is 8.72. The molecule has 0 aliphatic carbocycles. The van der Waals surface area contributed by atoms with Gasteiger partial charge >= 0.3 is 0 Å². The Balaban J connectivity index is 1.83. The number of benzene rings is 2. The summed E-state index contributed by atoms with van der Waals surface area (Å²) >= 11 is 0. The molecule has 0 spiro atoms. The molecule has 1 amide bonds.